The van der Waals surface area contributed by atoms with E-state index in [1.54, 1.807) is 0 Å². The van der Waals surface area contributed by atoms with Gasteiger partial charge in [0.25, 0.3) is 0 Å². The summed E-state index contributed by atoms with van der Waals surface area (Å²) < 4.78 is 1.16. The smallest absolute Gasteiger partial charge is 0.0406 e. The highest BCUT2D eigenvalue weighted by atomic mass is 79.9. The van der Waals surface area contributed by atoms with Gasteiger partial charge in [0.15, 0.2) is 0 Å². The summed E-state index contributed by atoms with van der Waals surface area (Å²) in [4.78, 5) is 1.40. The number of thioether (sulfide) groups is 1. The van der Waals surface area contributed by atoms with Gasteiger partial charge in [-0.1, -0.05) is 45.7 Å². The normalized spacial score (nSPS) is 18.4. The molecule has 1 aliphatic rings. The van der Waals surface area contributed by atoms with Gasteiger partial charge in [0.05, 0.1) is 0 Å². The average molecular weight is 340 g/mol. The minimum absolute atomic E-state index is 0.506. The summed E-state index contributed by atoms with van der Waals surface area (Å²) in [5.41, 5.74) is 2.81. The maximum absolute atomic E-state index is 5.96. The van der Waals surface area contributed by atoms with Crippen molar-refractivity contribution >= 4 is 39.3 Å². The van der Waals surface area contributed by atoms with Crippen LogP contribution in [0.5, 0.6) is 0 Å². The highest BCUT2D eigenvalue weighted by Gasteiger charge is 2.22. The second-order valence-electron chi connectivity index (χ2n) is 4.42. The zero-order valence-corrected chi connectivity index (χ0v) is 12.9. The predicted molar refractivity (Wildman–Crippen MR) is 82.8 cm³/mol. The van der Waals surface area contributed by atoms with Crippen molar-refractivity contribution in [3.63, 3.8) is 0 Å². The molecule has 92 valence electrons. The van der Waals surface area contributed by atoms with E-state index in [1.165, 1.54) is 28.2 Å². The van der Waals surface area contributed by atoms with Crippen LogP contribution in [-0.4, -0.2) is 5.75 Å². The van der Waals surface area contributed by atoms with E-state index in [0.29, 0.717) is 5.92 Å². The van der Waals surface area contributed by atoms with Crippen molar-refractivity contribution in [3.05, 3.63) is 63.1 Å². The Kier molecular flexibility index (Phi) is 3.69. The van der Waals surface area contributed by atoms with Crippen LogP contribution in [0, 0.1) is 0 Å². The second kappa shape index (κ2) is 5.28. The Morgan fingerprint density at radius 2 is 1.89 bits per heavy atom. The fourth-order valence-electron chi connectivity index (χ4n) is 2.40. The fourth-order valence-corrected chi connectivity index (χ4v) is 4.20. The van der Waals surface area contributed by atoms with Crippen LogP contribution in [-0.2, 0) is 0 Å². The van der Waals surface area contributed by atoms with Crippen LogP contribution in [0.3, 0.4) is 0 Å². The van der Waals surface area contributed by atoms with Crippen LogP contribution in [0.15, 0.2) is 51.8 Å². The van der Waals surface area contributed by atoms with Crippen molar-refractivity contribution in [3.8, 4) is 0 Å². The van der Waals surface area contributed by atoms with Gasteiger partial charge in [-0.25, -0.2) is 0 Å². The maximum atomic E-state index is 5.96. The summed E-state index contributed by atoms with van der Waals surface area (Å²) in [5, 5.41) is 0.806. The molecule has 1 unspecified atom stereocenters. The molecule has 0 fully saturated rings. The van der Waals surface area contributed by atoms with Crippen molar-refractivity contribution in [1.29, 1.82) is 0 Å². The SMILES string of the molecule is Clc1ccc(C2CCSc3cc(Br)ccc32)cc1. The summed E-state index contributed by atoms with van der Waals surface area (Å²) >= 11 is 11.5. The molecule has 0 radical (unpaired) electrons. The molecule has 2 aromatic rings. The Morgan fingerprint density at radius 3 is 2.67 bits per heavy atom. The first-order valence-electron chi connectivity index (χ1n) is 5.92. The van der Waals surface area contributed by atoms with Crippen molar-refractivity contribution in [2.24, 2.45) is 0 Å². The fraction of sp³-hybridized carbons (Fsp3) is 0.200. The van der Waals surface area contributed by atoms with E-state index in [2.05, 4.69) is 46.3 Å². The summed E-state index contributed by atoms with van der Waals surface area (Å²) in [6.07, 6.45) is 1.20. The van der Waals surface area contributed by atoms with Gasteiger partial charge in [0.1, 0.15) is 0 Å². The third-order valence-corrected chi connectivity index (χ3v) is 5.14. The molecule has 0 saturated heterocycles. The lowest BCUT2D eigenvalue weighted by atomic mass is 9.89. The number of benzene rings is 2. The Morgan fingerprint density at radius 1 is 1.11 bits per heavy atom. The minimum atomic E-state index is 0.506. The monoisotopic (exact) mass is 338 g/mol. The predicted octanol–water partition coefficient (Wildman–Crippen LogP) is 5.73. The quantitative estimate of drug-likeness (QED) is 0.639. The summed E-state index contributed by atoms with van der Waals surface area (Å²) in [7, 11) is 0. The standard InChI is InChI=1S/C15H12BrClS/c16-11-3-6-14-13(7-8-18-15(14)9-11)10-1-4-12(17)5-2-10/h1-6,9,13H,7-8H2. The van der Waals surface area contributed by atoms with Gasteiger partial charge in [0, 0.05) is 20.3 Å². The Labute approximate surface area is 125 Å². The van der Waals surface area contributed by atoms with Crippen LogP contribution in [0.4, 0.5) is 0 Å². The van der Waals surface area contributed by atoms with Crippen molar-refractivity contribution in [2.75, 3.05) is 5.75 Å². The zero-order chi connectivity index (χ0) is 12.5. The van der Waals surface area contributed by atoms with Crippen molar-refractivity contribution in [1.82, 2.24) is 0 Å². The second-order valence-corrected chi connectivity index (χ2v) is 6.91. The molecular weight excluding hydrogens is 328 g/mol. The first kappa shape index (κ1) is 12.6. The van der Waals surface area contributed by atoms with Gasteiger partial charge in [-0.3, -0.25) is 0 Å². The lowest BCUT2D eigenvalue weighted by Crippen LogP contribution is -2.08. The molecule has 0 nitrogen and oxygen atoms in total. The van der Waals surface area contributed by atoms with Crippen LogP contribution < -0.4 is 0 Å². The van der Waals surface area contributed by atoms with Gasteiger partial charge in [-0.15, -0.1) is 11.8 Å². The molecule has 1 atom stereocenters. The lowest BCUT2D eigenvalue weighted by Gasteiger charge is -2.25. The number of hydrogen-bond donors (Lipinski definition) is 0. The first-order chi connectivity index (χ1) is 8.74. The molecule has 0 spiro atoms. The maximum Gasteiger partial charge on any atom is 0.0406 e. The van der Waals surface area contributed by atoms with Gasteiger partial charge in [0.2, 0.25) is 0 Å². The first-order valence-corrected chi connectivity index (χ1v) is 8.07. The van der Waals surface area contributed by atoms with Crippen molar-refractivity contribution < 1.29 is 0 Å². The van der Waals surface area contributed by atoms with E-state index < -0.39 is 0 Å². The summed E-state index contributed by atoms with van der Waals surface area (Å²) in [6, 6.07) is 14.9. The molecule has 2 aromatic carbocycles. The third-order valence-electron chi connectivity index (χ3n) is 3.29. The van der Waals surface area contributed by atoms with Crippen molar-refractivity contribution in [2.45, 2.75) is 17.2 Å². The molecule has 1 heterocycles. The minimum Gasteiger partial charge on any atom is -0.126 e. The number of rotatable bonds is 1. The molecule has 1 aliphatic heterocycles. The van der Waals surface area contributed by atoms with Gasteiger partial charge >= 0.3 is 0 Å². The average Bonchev–Trinajstić information content (AvgIpc) is 2.38. The highest BCUT2D eigenvalue weighted by molar-refractivity contribution is 9.10. The van der Waals surface area contributed by atoms with Gasteiger partial charge in [-0.05, 0) is 47.6 Å². The van der Waals surface area contributed by atoms with E-state index in [4.69, 9.17) is 11.6 Å². The van der Waals surface area contributed by atoms with Crippen LogP contribution in [0.2, 0.25) is 5.02 Å². The Bertz CT molecular complexity index is 565. The van der Waals surface area contributed by atoms with Crippen LogP contribution >= 0.6 is 39.3 Å². The topological polar surface area (TPSA) is 0 Å². The lowest BCUT2D eigenvalue weighted by molar-refractivity contribution is 0.754. The molecule has 3 heteroatoms. The molecule has 0 amide bonds. The third kappa shape index (κ3) is 2.47. The Hall–Kier alpha value is -0.440. The number of fused-ring (bicyclic) bond motifs is 1. The van der Waals surface area contributed by atoms with E-state index in [-0.39, 0.29) is 0 Å². The molecule has 0 bridgehead atoms. The molecule has 0 aromatic heterocycles. The van der Waals surface area contributed by atoms with E-state index >= 15 is 0 Å². The summed E-state index contributed by atoms with van der Waals surface area (Å²) in [6.45, 7) is 0. The largest absolute Gasteiger partial charge is 0.126 e. The molecular formula is C15H12BrClS. The summed E-state index contributed by atoms with van der Waals surface area (Å²) in [5.74, 6) is 1.68. The van der Waals surface area contributed by atoms with E-state index in [0.717, 1.165) is 9.50 Å². The Balaban J connectivity index is 2.03. The zero-order valence-electron chi connectivity index (χ0n) is 9.70. The van der Waals surface area contributed by atoms with Crippen LogP contribution in [0.1, 0.15) is 23.5 Å². The molecule has 0 aliphatic carbocycles. The van der Waals surface area contributed by atoms with Crippen LogP contribution in [0.25, 0.3) is 0 Å². The van der Waals surface area contributed by atoms with E-state index in [1.807, 2.05) is 23.9 Å². The molecule has 0 saturated carbocycles. The highest BCUT2D eigenvalue weighted by Crippen LogP contribution is 2.42. The number of halogens is 2. The molecule has 0 N–H and O–H groups in total. The molecule has 18 heavy (non-hydrogen) atoms. The van der Waals surface area contributed by atoms with E-state index in [9.17, 15) is 0 Å². The van der Waals surface area contributed by atoms with Gasteiger partial charge in [-0.2, -0.15) is 0 Å². The molecule has 3 rings (SSSR count). The number of hydrogen-bond acceptors (Lipinski definition) is 1. The van der Waals surface area contributed by atoms with Gasteiger partial charge < -0.3 is 0 Å².